The Kier molecular flexibility index (Phi) is 5.67. The molecule has 186 valence electrons. The summed E-state index contributed by atoms with van der Waals surface area (Å²) in [5.74, 6) is -0.657. The summed E-state index contributed by atoms with van der Waals surface area (Å²) in [6.45, 7) is 7.58. The summed E-state index contributed by atoms with van der Waals surface area (Å²) in [5, 5.41) is 13.0. The summed E-state index contributed by atoms with van der Waals surface area (Å²) in [6.07, 6.45) is 7.56. The van der Waals surface area contributed by atoms with Crippen LogP contribution in [0.15, 0.2) is 23.8 Å². The zero-order chi connectivity index (χ0) is 24.5. The summed E-state index contributed by atoms with van der Waals surface area (Å²) in [7, 11) is 0. The average Bonchev–Trinajstić information content (AvgIpc) is 3.25. The van der Waals surface area contributed by atoms with Crippen molar-refractivity contribution in [2.24, 2.45) is 28.6 Å². The number of allylic oxidation sites excluding steroid dienone is 4. The third kappa shape index (κ3) is 3.15. The molecule has 0 aromatic heterocycles. The van der Waals surface area contributed by atoms with Crippen molar-refractivity contribution in [3.8, 4) is 0 Å². The van der Waals surface area contributed by atoms with Crippen LogP contribution in [0.1, 0.15) is 59.8 Å². The van der Waals surface area contributed by atoms with Crippen LogP contribution < -0.4 is 0 Å². The van der Waals surface area contributed by atoms with Gasteiger partial charge in [0.25, 0.3) is 0 Å². The molecule has 4 aliphatic carbocycles. The molecule has 1 aliphatic heterocycles. The van der Waals surface area contributed by atoms with Crippen molar-refractivity contribution in [3.63, 3.8) is 0 Å². The molecule has 8 nitrogen and oxygen atoms in total. The highest BCUT2D eigenvalue weighted by atomic mass is 17.0. The number of fused-ring (bicyclic) bond motifs is 7. The highest BCUT2D eigenvalue weighted by molar-refractivity contribution is 6.01. The summed E-state index contributed by atoms with van der Waals surface area (Å²) < 4.78 is 5.12. The highest BCUT2D eigenvalue weighted by Crippen LogP contribution is 2.69. The van der Waals surface area contributed by atoms with E-state index in [4.69, 9.17) is 14.4 Å². The molecule has 0 spiro atoms. The van der Waals surface area contributed by atoms with Crippen LogP contribution in [0, 0.1) is 28.6 Å². The maximum Gasteiger partial charge on any atom is 0.303 e. The minimum absolute atomic E-state index is 0.00398. The second-order valence-corrected chi connectivity index (χ2v) is 11.1. The Hall–Kier alpha value is -1.87. The monoisotopic (exact) mass is 473 g/mol. The third-order valence-electron chi connectivity index (χ3n) is 9.37. The predicted molar refractivity (Wildman–Crippen MR) is 121 cm³/mol. The molecular weight excluding hydrogens is 438 g/mol. The second-order valence-electron chi connectivity index (χ2n) is 11.1. The highest BCUT2D eigenvalue weighted by Gasteiger charge is 2.76. The molecule has 0 aromatic carbocycles. The predicted octanol–water partition coefficient (Wildman–Crippen LogP) is 2.70. The molecule has 1 saturated heterocycles. The van der Waals surface area contributed by atoms with Crippen molar-refractivity contribution in [1.82, 2.24) is 5.23 Å². The van der Waals surface area contributed by atoms with Crippen molar-refractivity contribution in [2.45, 2.75) is 77.6 Å². The molecule has 0 radical (unpaired) electrons. The number of hydroxylamine groups is 2. The van der Waals surface area contributed by atoms with E-state index in [9.17, 15) is 19.5 Å². The van der Waals surface area contributed by atoms with Gasteiger partial charge in [-0.2, -0.15) is 0 Å². The lowest BCUT2D eigenvalue weighted by Crippen LogP contribution is -2.63. The average molecular weight is 474 g/mol. The normalized spacial score (nSPS) is 45.1. The lowest BCUT2D eigenvalue weighted by Gasteiger charge is -2.59. The van der Waals surface area contributed by atoms with Gasteiger partial charge in [0.2, 0.25) is 5.78 Å². The van der Waals surface area contributed by atoms with Gasteiger partial charge in [-0.25, -0.2) is 0 Å². The van der Waals surface area contributed by atoms with Crippen LogP contribution in [-0.2, 0) is 28.8 Å². The number of hydrogen-bond acceptors (Lipinski definition) is 8. The zero-order valence-electron chi connectivity index (χ0n) is 20.4. The van der Waals surface area contributed by atoms with Gasteiger partial charge in [0.15, 0.2) is 18.0 Å². The van der Waals surface area contributed by atoms with Crippen molar-refractivity contribution < 1.29 is 33.9 Å². The number of aliphatic hydroxyl groups excluding tert-OH is 1. The molecule has 34 heavy (non-hydrogen) atoms. The number of aliphatic hydroxyl groups is 1. The molecule has 8 atom stereocenters. The van der Waals surface area contributed by atoms with Gasteiger partial charge in [-0.3, -0.25) is 24.1 Å². The van der Waals surface area contributed by atoms with Crippen LogP contribution in [0.25, 0.3) is 0 Å². The Morgan fingerprint density at radius 3 is 2.79 bits per heavy atom. The number of carbonyl (C=O) groups excluding carboxylic acids is 3. The summed E-state index contributed by atoms with van der Waals surface area (Å²) in [4.78, 5) is 49.7. The van der Waals surface area contributed by atoms with E-state index in [1.54, 1.807) is 12.2 Å². The summed E-state index contributed by atoms with van der Waals surface area (Å²) in [6, 6.07) is 0. The molecule has 6 unspecified atom stereocenters. The van der Waals surface area contributed by atoms with E-state index in [0.717, 1.165) is 24.8 Å². The van der Waals surface area contributed by atoms with Crippen molar-refractivity contribution in [1.29, 1.82) is 0 Å². The number of esters is 1. The number of ketones is 2. The van der Waals surface area contributed by atoms with Crippen LogP contribution in [0.4, 0.5) is 0 Å². The molecule has 1 heterocycles. The van der Waals surface area contributed by atoms with Crippen molar-refractivity contribution in [3.05, 3.63) is 23.8 Å². The van der Waals surface area contributed by atoms with Gasteiger partial charge in [0.1, 0.15) is 6.10 Å². The minimum atomic E-state index is -1.32. The number of ether oxygens (including phenoxy) is 1. The van der Waals surface area contributed by atoms with E-state index in [-0.39, 0.29) is 41.3 Å². The zero-order valence-corrected chi connectivity index (χ0v) is 20.4. The fraction of sp³-hybridized carbons (Fsp3) is 0.731. The van der Waals surface area contributed by atoms with Crippen molar-refractivity contribution >= 4 is 17.5 Å². The Labute approximate surface area is 200 Å². The van der Waals surface area contributed by atoms with Gasteiger partial charge in [0, 0.05) is 23.7 Å². The van der Waals surface area contributed by atoms with Crippen LogP contribution in [0.3, 0.4) is 0 Å². The van der Waals surface area contributed by atoms with Crippen molar-refractivity contribution in [2.75, 3.05) is 13.2 Å². The Bertz CT molecular complexity index is 974. The van der Waals surface area contributed by atoms with Gasteiger partial charge < -0.3 is 9.84 Å². The molecule has 0 aromatic rings. The fourth-order valence-corrected chi connectivity index (χ4v) is 8.01. The van der Waals surface area contributed by atoms with E-state index in [1.807, 2.05) is 19.9 Å². The first-order chi connectivity index (χ1) is 16.1. The molecule has 5 aliphatic rings. The largest absolute Gasteiger partial charge is 0.458 e. The van der Waals surface area contributed by atoms with Crippen LogP contribution in [0.5, 0.6) is 0 Å². The number of hydrogen-bond donors (Lipinski definition) is 1. The number of nitrogens with zero attached hydrogens (tertiary/aromatic N) is 1. The lowest BCUT2D eigenvalue weighted by atomic mass is 9.46. The molecule has 0 amide bonds. The lowest BCUT2D eigenvalue weighted by molar-refractivity contribution is -0.342. The molecular formula is C26H35NO7. The van der Waals surface area contributed by atoms with Gasteiger partial charge in [-0.05, 0) is 56.1 Å². The molecule has 0 bridgehead atoms. The van der Waals surface area contributed by atoms with Crippen LogP contribution in [0.2, 0.25) is 0 Å². The first kappa shape index (κ1) is 23.9. The third-order valence-corrected chi connectivity index (χ3v) is 9.37. The quantitative estimate of drug-likeness (QED) is 0.608. The van der Waals surface area contributed by atoms with E-state index in [1.165, 1.54) is 12.2 Å². The first-order valence-corrected chi connectivity index (χ1v) is 12.5. The maximum atomic E-state index is 13.7. The molecule has 8 heteroatoms. The van der Waals surface area contributed by atoms with Gasteiger partial charge in [0.05, 0.1) is 12.6 Å². The van der Waals surface area contributed by atoms with Gasteiger partial charge in [-0.1, -0.05) is 37.6 Å². The topological polar surface area (TPSA) is 102 Å². The Morgan fingerprint density at radius 1 is 1.32 bits per heavy atom. The summed E-state index contributed by atoms with van der Waals surface area (Å²) >= 11 is 0. The SMILES string of the molecule is CCCN1OC2CC3C4CCC5=CC(=O)C=C[C@]5(C)C4C(O)C[C@]3(C)C2(C(=O)COC(C)=O)O1. The standard InChI is InChI=1S/C26H35NO7/c1-5-10-27-33-22-12-19-18-7-6-16-11-17(29)8-9-24(16,3)23(18)20(30)13-25(19,4)26(22,34-27)21(31)14-32-15(2)28/h8-9,11,18-20,22-23,30H,5-7,10,12-14H2,1-4H3/t18?,19?,20?,22?,23?,24-,25-,26?/m0/s1. The van der Waals surface area contributed by atoms with Gasteiger partial charge in [-0.15, -0.1) is 0 Å². The van der Waals surface area contributed by atoms with E-state index in [2.05, 4.69) is 6.92 Å². The molecule has 1 N–H and O–H groups in total. The fourth-order valence-electron chi connectivity index (χ4n) is 8.01. The number of carbonyl (C=O) groups is 3. The first-order valence-electron chi connectivity index (χ1n) is 12.5. The summed E-state index contributed by atoms with van der Waals surface area (Å²) in [5.41, 5.74) is -1.31. The molecule has 5 rings (SSSR count). The smallest absolute Gasteiger partial charge is 0.303 e. The van der Waals surface area contributed by atoms with Crippen LogP contribution in [-0.4, -0.2) is 58.8 Å². The molecule has 3 saturated carbocycles. The van der Waals surface area contributed by atoms with Gasteiger partial charge >= 0.3 is 5.97 Å². The van der Waals surface area contributed by atoms with E-state index < -0.39 is 29.2 Å². The number of Topliss-reactive ketones (excluding diaryl/α,β-unsaturated/α-hetero) is 1. The maximum absolute atomic E-state index is 13.7. The second kappa shape index (κ2) is 8.08. The molecule has 4 fully saturated rings. The number of rotatable bonds is 5. The van der Waals surface area contributed by atoms with E-state index in [0.29, 0.717) is 19.4 Å². The minimum Gasteiger partial charge on any atom is -0.458 e. The Morgan fingerprint density at radius 2 is 2.09 bits per heavy atom. The van der Waals surface area contributed by atoms with E-state index >= 15 is 0 Å². The Balaban J connectivity index is 1.53. The van der Waals surface area contributed by atoms with Crippen LogP contribution >= 0.6 is 0 Å².